The molecule has 25 heavy (non-hydrogen) atoms. The second kappa shape index (κ2) is 6.59. The molecule has 1 atom stereocenters. The number of carbonyl (C=O) groups excluding carboxylic acids is 2. The quantitative estimate of drug-likeness (QED) is 0.842. The summed E-state index contributed by atoms with van der Waals surface area (Å²) in [4.78, 5) is 30.2. The Hall–Kier alpha value is -2.22. The van der Waals surface area contributed by atoms with Crippen LogP contribution >= 0.6 is 15.9 Å². The molecule has 1 N–H and O–H groups in total. The van der Waals surface area contributed by atoms with Gasteiger partial charge in [0.2, 0.25) is 17.7 Å². The first-order valence-electron chi connectivity index (χ1n) is 7.98. The fraction of sp³-hybridized carbons (Fsp3) is 0.412. The molecule has 2 heterocycles. The third kappa shape index (κ3) is 3.44. The van der Waals surface area contributed by atoms with Crippen molar-refractivity contribution in [1.82, 2.24) is 15.5 Å². The molecule has 0 spiro atoms. The second-order valence-corrected chi connectivity index (χ2v) is 7.40. The molecule has 0 aliphatic carbocycles. The summed E-state index contributed by atoms with van der Waals surface area (Å²) in [5, 5.41) is 6.72. The maximum atomic E-state index is 12.8. The monoisotopic (exact) mass is 406 g/mol. The van der Waals surface area contributed by atoms with Crippen molar-refractivity contribution in [2.75, 3.05) is 11.4 Å². The molecule has 0 radical (unpaired) electrons. The largest absolute Gasteiger partial charge is 0.344 e. The second-order valence-electron chi connectivity index (χ2n) is 6.54. The Morgan fingerprint density at radius 2 is 2.12 bits per heavy atom. The molecule has 0 bridgehead atoms. The number of hydrogen-bond acceptors (Lipinski definition) is 5. The van der Waals surface area contributed by atoms with Crippen LogP contribution in [0.25, 0.3) is 0 Å². The Labute approximate surface area is 153 Å². The molecule has 1 fully saturated rings. The van der Waals surface area contributed by atoms with E-state index in [1.165, 1.54) is 6.92 Å². The van der Waals surface area contributed by atoms with Crippen LogP contribution in [0.1, 0.15) is 44.8 Å². The van der Waals surface area contributed by atoms with Gasteiger partial charge in [-0.1, -0.05) is 17.3 Å². The third-order valence-electron chi connectivity index (χ3n) is 4.14. The van der Waals surface area contributed by atoms with E-state index in [4.69, 9.17) is 4.52 Å². The molecule has 1 aliphatic heterocycles. The summed E-state index contributed by atoms with van der Waals surface area (Å²) in [6.07, 6.45) is 0.600. The van der Waals surface area contributed by atoms with Crippen LogP contribution in [0.2, 0.25) is 0 Å². The van der Waals surface area contributed by atoms with Crippen molar-refractivity contribution < 1.29 is 14.1 Å². The van der Waals surface area contributed by atoms with Crippen molar-refractivity contribution >= 4 is 33.4 Å². The van der Waals surface area contributed by atoms with Crippen LogP contribution in [-0.2, 0) is 15.1 Å². The van der Waals surface area contributed by atoms with E-state index >= 15 is 0 Å². The van der Waals surface area contributed by atoms with Crippen LogP contribution in [0, 0.1) is 0 Å². The van der Waals surface area contributed by atoms with Gasteiger partial charge in [-0.25, -0.2) is 0 Å². The number of rotatable bonds is 4. The maximum Gasteiger partial charge on any atom is 0.239 e. The topological polar surface area (TPSA) is 88.3 Å². The van der Waals surface area contributed by atoms with Crippen LogP contribution in [0.4, 0.5) is 5.69 Å². The summed E-state index contributed by atoms with van der Waals surface area (Å²) in [5.41, 5.74) is 0.0607. The molecular formula is C17H19BrN4O3. The van der Waals surface area contributed by atoms with Gasteiger partial charge in [-0.3, -0.25) is 9.59 Å². The van der Waals surface area contributed by atoms with Crippen molar-refractivity contribution in [3.63, 3.8) is 0 Å². The maximum absolute atomic E-state index is 12.8. The number of halogens is 1. The van der Waals surface area contributed by atoms with E-state index in [0.29, 0.717) is 18.8 Å². The third-order valence-corrected chi connectivity index (χ3v) is 4.81. The molecule has 132 valence electrons. The first-order chi connectivity index (χ1) is 11.8. The average molecular weight is 407 g/mol. The predicted octanol–water partition coefficient (Wildman–Crippen LogP) is 2.72. The van der Waals surface area contributed by atoms with E-state index in [-0.39, 0.29) is 17.7 Å². The van der Waals surface area contributed by atoms with Crippen molar-refractivity contribution in [3.05, 3.63) is 40.5 Å². The normalized spacial score (nSPS) is 17.8. The van der Waals surface area contributed by atoms with Gasteiger partial charge in [0, 0.05) is 17.9 Å². The molecule has 1 saturated heterocycles. The standard InChI is InChI=1S/C17H19BrN4O3/c1-10(23)20-17(2,3)16-19-14(25-21-16)11-8-9-22(15(11)24)13-7-5-4-6-12(13)18/h4-7,11H,8-9H2,1-3H3,(H,20,23). The number of aromatic nitrogens is 2. The van der Waals surface area contributed by atoms with Crippen molar-refractivity contribution in [1.29, 1.82) is 0 Å². The Bertz CT molecular complexity index is 818. The average Bonchev–Trinajstić information content (AvgIpc) is 3.14. The highest BCUT2D eigenvalue weighted by atomic mass is 79.9. The van der Waals surface area contributed by atoms with Gasteiger partial charge in [-0.2, -0.15) is 4.98 Å². The summed E-state index contributed by atoms with van der Waals surface area (Å²) >= 11 is 3.48. The number of hydrogen-bond donors (Lipinski definition) is 1. The van der Waals surface area contributed by atoms with Crippen molar-refractivity contribution in [3.8, 4) is 0 Å². The van der Waals surface area contributed by atoms with Crippen LogP contribution in [0.15, 0.2) is 33.3 Å². The van der Waals surface area contributed by atoms with Crippen LogP contribution in [0.5, 0.6) is 0 Å². The number of benzene rings is 1. The van der Waals surface area contributed by atoms with Gasteiger partial charge in [-0.15, -0.1) is 0 Å². The molecular weight excluding hydrogens is 388 g/mol. The lowest BCUT2D eigenvalue weighted by molar-refractivity contribution is -0.121. The fourth-order valence-electron chi connectivity index (χ4n) is 2.95. The van der Waals surface area contributed by atoms with Crippen molar-refractivity contribution in [2.45, 2.75) is 38.6 Å². The van der Waals surface area contributed by atoms with Crippen LogP contribution in [-0.4, -0.2) is 28.5 Å². The summed E-state index contributed by atoms with van der Waals surface area (Å²) in [7, 11) is 0. The van der Waals surface area contributed by atoms with E-state index in [1.54, 1.807) is 18.7 Å². The highest BCUT2D eigenvalue weighted by Crippen LogP contribution is 2.35. The Kier molecular flexibility index (Phi) is 4.64. The van der Waals surface area contributed by atoms with Crippen molar-refractivity contribution in [2.24, 2.45) is 0 Å². The minimum Gasteiger partial charge on any atom is -0.344 e. The Balaban J connectivity index is 1.81. The summed E-state index contributed by atoms with van der Waals surface area (Å²) in [5.74, 6) is -0.0906. The lowest BCUT2D eigenvalue weighted by atomic mass is 10.0. The number of nitrogens with zero attached hydrogens (tertiary/aromatic N) is 3. The zero-order valence-electron chi connectivity index (χ0n) is 14.2. The molecule has 1 unspecified atom stereocenters. The number of carbonyl (C=O) groups is 2. The van der Waals surface area contributed by atoms with Gasteiger partial charge in [-0.05, 0) is 48.3 Å². The van der Waals surface area contributed by atoms with Gasteiger partial charge in [0.15, 0.2) is 5.82 Å². The van der Waals surface area contributed by atoms with E-state index in [9.17, 15) is 9.59 Å². The van der Waals surface area contributed by atoms with Gasteiger partial charge in [0.25, 0.3) is 0 Å². The Morgan fingerprint density at radius 3 is 2.80 bits per heavy atom. The van der Waals surface area contributed by atoms with Crippen LogP contribution in [0.3, 0.4) is 0 Å². The van der Waals surface area contributed by atoms with Crippen LogP contribution < -0.4 is 10.2 Å². The lowest BCUT2D eigenvalue weighted by Crippen LogP contribution is -2.40. The van der Waals surface area contributed by atoms with E-state index in [0.717, 1.165) is 10.2 Å². The zero-order chi connectivity index (χ0) is 18.2. The molecule has 2 aromatic rings. The highest BCUT2D eigenvalue weighted by molar-refractivity contribution is 9.10. The SMILES string of the molecule is CC(=O)NC(C)(C)c1noc(C2CCN(c3ccccc3Br)C2=O)n1. The molecule has 1 aromatic carbocycles. The molecule has 2 amide bonds. The fourth-order valence-corrected chi connectivity index (χ4v) is 3.44. The van der Waals surface area contributed by atoms with Gasteiger partial charge in [0.05, 0.1) is 11.2 Å². The summed E-state index contributed by atoms with van der Waals surface area (Å²) in [6, 6.07) is 7.58. The molecule has 3 rings (SSSR count). The summed E-state index contributed by atoms with van der Waals surface area (Å²) in [6.45, 7) is 5.58. The first-order valence-corrected chi connectivity index (χ1v) is 8.77. The molecule has 1 aliphatic rings. The minimum absolute atomic E-state index is 0.0700. The smallest absolute Gasteiger partial charge is 0.239 e. The number of anilines is 1. The van der Waals surface area contributed by atoms with Gasteiger partial charge in [0.1, 0.15) is 5.92 Å². The van der Waals surface area contributed by atoms with Gasteiger partial charge >= 0.3 is 0 Å². The summed E-state index contributed by atoms with van der Waals surface area (Å²) < 4.78 is 6.19. The van der Waals surface area contributed by atoms with E-state index < -0.39 is 11.5 Å². The molecule has 0 saturated carbocycles. The number of amides is 2. The number of nitrogens with one attached hydrogen (secondary N) is 1. The van der Waals surface area contributed by atoms with Gasteiger partial charge < -0.3 is 14.7 Å². The predicted molar refractivity (Wildman–Crippen MR) is 95.0 cm³/mol. The van der Waals surface area contributed by atoms with E-state index in [1.807, 2.05) is 24.3 Å². The zero-order valence-corrected chi connectivity index (χ0v) is 15.8. The lowest BCUT2D eigenvalue weighted by Gasteiger charge is -2.21. The number of para-hydroxylation sites is 1. The molecule has 8 heteroatoms. The van der Waals surface area contributed by atoms with E-state index in [2.05, 4.69) is 31.4 Å². The molecule has 1 aromatic heterocycles. The highest BCUT2D eigenvalue weighted by Gasteiger charge is 2.39. The Morgan fingerprint density at radius 1 is 1.40 bits per heavy atom. The molecule has 7 nitrogen and oxygen atoms in total. The first kappa shape index (κ1) is 17.6. The minimum atomic E-state index is -0.766.